The first-order valence-corrected chi connectivity index (χ1v) is 7.91. The molecule has 114 valence electrons. The minimum atomic E-state index is -0.282. The van der Waals surface area contributed by atoms with Gasteiger partial charge in [-0.25, -0.2) is 0 Å². The molecular formula is C18H26N2O. The normalized spacial score (nSPS) is 17.8. The Morgan fingerprint density at radius 2 is 2.10 bits per heavy atom. The van der Waals surface area contributed by atoms with Crippen LogP contribution in [0.4, 0.5) is 0 Å². The van der Waals surface area contributed by atoms with Crippen molar-refractivity contribution < 1.29 is 5.11 Å². The number of aryl methyl sites for hydroxylation is 1. The quantitative estimate of drug-likeness (QED) is 0.836. The van der Waals surface area contributed by atoms with E-state index < -0.39 is 0 Å². The molecule has 0 fully saturated rings. The monoisotopic (exact) mass is 286 g/mol. The molecule has 0 aromatic heterocycles. The molecule has 0 aliphatic heterocycles. The molecule has 0 radical (unpaired) electrons. The van der Waals surface area contributed by atoms with E-state index in [1.54, 1.807) is 0 Å². The van der Waals surface area contributed by atoms with E-state index in [-0.39, 0.29) is 12.0 Å². The van der Waals surface area contributed by atoms with Crippen LogP contribution in [-0.2, 0) is 6.42 Å². The highest BCUT2D eigenvalue weighted by molar-refractivity contribution is 5.34. The van der Waals surface area contributed by atoms with Gasteiger partial charge in [-0.2, -0.15) is 5.26 Å². The third-order valence-corrected chi connectivity index (χ3v) is 4.47. The Hall–Kier alpha value is -1.37. The zero-order valence-electron chi connectivity index (χ0n) is 13.2. The molecule has 2 rings (SSSR count). The first-order chi connectivity index (χ1) is 10.1. The average Bonchev–Trinajstić information content (AvgIpc) is 2.91. The highest BCUT2D eigenvalue weighted by Crippen LogP contribution is 2.36. The number of benzene rings is 1. The number of aliphatic hydroxyl groups excluding tert-OH is 1. The van der Waals surface area contributed by atoms with Gasteiger partial charge in [0.05, 0.1) is 11.5 Å². The maximum Gasteiger partial charge on any atom is 0.0684 e. The molecule has 1 aliphatic rings. The summed E-state index contributed by atoms with van der Waals surface area (Å²) in [6.07, 6.45) is 3.95. The molecule has 0 spiro atoms. The van der Waals surface area contributed by atoms with Crippen LogP contribution >= 0.6 is 0 Å². The maximum absolute atomic E-state index is 9.20. The lowest BCUT2D eigenvalue weighted by Gasteiger charge is -2.31. The van der Waals surface area contributed by atoms with Gasteiger partial charge in [0.2, 0.25) is 0 Å². The third-order valence-electron chi connectivity index (χ3n) is 4.47. The second-order valence-electron chi connectivity index (χ2n) is 6.61. The molecule has 0 amide bonds. The second-order valence-corrected chi connectivity index (χ2v) is 6.61. The number of hydrogen-bond acceptors (Lipinski definition) is 3. The minimum Gasteiger partial charge on any atom is -0.396 e. The summed E-state index contributed by atoms with van der Waals surface area (Å²) in [6, 6.07) is 11.5. The summed E-state index contributed by atoms with van der Waals surface area (Å²) < 4.78 is 0. The van der Waals surface area contributed by atoms with Gasteiger partial charge in [0.15, 0.2) is 0 Å². The molecule has 1 aromatic carbocycles. The van der Waals surface area contributed by atoms with Crippen molar-refractivity contribution >= 4 is 0 Å². The molecule has 1 atom stereocenters. The molecule has 1 unspecified atom stereocenters. The Kier molecular flexibility index (Phi) is 5.39. The Morgan fingerprint density at radius 3 is 2.81 bits per heavy atom. The number of nitriles is 1. The smallest absolute Gasteiger partial charge is 0.0684 e. The molecule has 0 bridgehead atoms. The Bertz CT molecular complexity index is 504. The van der Waals surface area contributed by atoms with Gasteiger partial charge >= 0.3 is 0 Å². The fourth-order valence-corrected chi connectivity index (χ4v) is 3.09. The van der Waals surface area contributed by atoms with Crippen LogP contribution in [0.15, 0.2) is 24.3 Å². The van der Waals surface area contributed by atoms with Crippen LogP contribution in [-0.4, -0.2) is 29.7 Å². The summed E-state index contributed by atoms with van der Waals surface area (Å²) in [6.45, 7) is 6.04. The summed E-state index contributed by atoms with van der Waals surface area (Å²) >= 11 is 0. The van der Waals surface area contributed by atoms with E-state index in [2.05, 4.69) is 35.2 Å². The van der Waals surface area contributed by atoms with Crippen LogP contribution < -0.4 is 0 Å². The van der Waals surface area contributed by atoms with E-state index in [4.69, 9.17) is 5.11 Å². The van der Waals surface area contributed by atoms with Crippen LogP contribution in [0.25, 0.3) is 0 Å². The van der Waals surface area contributed by atoms with Crippen LogP contribution in [0.1, 0.15) is 50.3 Å². The predicted octanol–water partition coefficient (Wildman–Crippen LogP) is 3.30. The molecule has 21 heavy (non-hydrogen) atoms. The first kappa shape index (κ1) is 16.0. The average molecular weight is 286 g/mol. The number of fused-ring (bicyclic) bond motifs is 1. The fraction of sp³-hybridized carbons (Fsp3) is 0.611. The molecule has 0 heterocycles. The van der Waals surface area contributed by atoms with Gasteiger partial charge in [0.1, 0.15) is 0 Å². The van der Waals surface area contributed by atoms with Crippen molar-refractivity contribution in [3.8, 4) is 6.07 Å². The van der Waals surface area contributed by atoms with Gasteiger partial charge in [-0.05, 0) is 50.7 Å². The first-order valence-electron chi connectivity index (χ1n) is 7.91. The third kappa shape index (κ3) is 4.06. The zero-order chi connectivity index (χ0) is 15.3. The van der Waals surface area contributed by atoms with Crippen molar-refractivity contribution in [3.05, 3.63) is 35.4 Å². The highest BCUT2D eigenvalue weighted by Gasteiger charge is 2.28. The van der Waals surface area contributed by atoms with Gasteiger partial charge in [0, 0.05) is 25.7 Å². The molecule has 1 aliphatic carbocycles. The minimum absolute atomic E-state index is 0.229. The van der Waals surface area contributed by atoms with Crippen molar-refractivity contribution in [1.29, 1.82) is 5.26 Å². The molecule has 3 nitrogen and oxygen atoms in total. The van der Waals surface area contributed by atoms with E-state index in [1.165, 1.54) is 11.1 Å². The van der Waals surface area contributed by atoms with Crippen LogP contribution in [0.2, 0.25) is 0 Å². The number of nitrogens with zero attached hydrogens (tertiary/aromatic N) is 2. The van der Waals surface area contributed by atoms with E-state index in [9.17, 15) is 5.26 Å². The van der Waals surface area contributed by atoms with Crippen LogP contribution in [0, 0.1) is 16.7 Å². The Balaban J connectivity index is 2.08. The molecule has 1 aromatic rings. The SMILES string of the molecule is CC(C)(C#N)CCN(CCCO)C1CCc2ccccc21. The summed E-state index contributed by atoms with van der Waals surface area (Å²) in [7, 11) is 0. The largest absolute Gasteiger partial charge is 0.396 e. The molecule has 0 saturated carbocycles. The maximum atomic E-state index is 9.20. The van der Waals surface area contributed by atoms with Crippen molar-refractivity contribution in [3.63, 3.8) is 0 Å². The summed E-state index contributed by atoms with van der Waals surface area (Å²) in [5.41, 5.74) is 2.61. The Labute approximate surface area is 128 Å². The van der Waals surface area contributed by atoms with E-state index in [1.807, 2.05) is 13.8 Å². The number of hydrogen-bond donors (Lipinski definition) is 1. The fourth-order valence-electron chi connectivity index (χ4n) is 3.09. The van der Waals surface area contributed by atoms with E-state index >= 15 is 0 Å². The molecule has 1 N–H and O–H groups in total. The van der Waals surface area contributed by atoms with Crippen molar-refractivity contribution in [2.45, 2.75) is 45.6 Å². The second kappa shape index (κ2) is 7.06. The lowest BCUT2D eigenvalue weighted by Crippen LogP contribution is -2.32. The molecule has 3 heteroatoms. The summed E-state index contributed by atoms with van der Waals surface area (Å²) in [5, 5.41) is 18.3. The lowest BCUT2D eigenvalue weighted by molar-refractivity contribution is 0.159. The van der Waals surface area contributed by atoms with Gasteiger partial charge in [-0.15, -0.1) is 0 Å². The molecular weight excluding hydrogens is 260 g/mol. The van der Waals surface area contributed by atoms with E-state index in [0.717, 1.165) is 38.8 Å². The zero-order valence-corrected chi connectivity index (χ0v) is 13.2. The van der Waals surface area contributed by atoms with Crippen molar-refractivity contribution in [2.75, 3.05) is 19.7 Å². The summed E-state index contributed by atoms with van der Waals surface area (Å²) in [5.74, 6) is 0. The van der Waals surface area contributed by atoms with Gasteiger partial charge in [0.25, 0.3) is 0 Å². The summed E-state index contributed by atoms with van der Waals surface area (Å²) in [4.78, 5) is 2.46. The lowest BCUT2D eigenvalue weighted by atomic mass is 9.91. The van der Waals surface area contributed by atoms with E-state index in [0.29, 0.717) is 6.04 Å². The number of rotatable bonds is 7. The number of aliphatic hydroxyl groups is 1. The van der Waals surface area contributed by atoms with Gasteiger partial charge < -0.3 is 5.11 Å². The van der Waals surface area contributed by atoms with Gasteiger partial charge in [-0.3, -0.25) is 4.90 Å². The van der Waals surface area contributed by atoms with Crippen molar-refractivity contribution in [2.24, 2.45) is 5.41 Å². The van der Waals surface area contributed by atoms with Crippen LogP contribution in [0.5, 0.6) is 0 Å². The topological polar surface area (TPSA) is 47.3 Å². The molecule has 0 saturated heterocycles. The predicted molar refractivity (Wildman–Crippen MR) is 84.8 cm³/mol. The Morgan fingerprint density at radius 1 is 1.33 bits per heavy atom. The highest BCUT2D eigenvalue weighted by atomic mass is 16.3. The van der Waals surface area contributed by atoms with Crippen molar-refractivity contribution in [1.82, 2.24) is 4.90 Å². The van der Waals surface area contributed by atoms with Crippen LogP contribution in [0.3, 0.4) is 0 Å². The standard InChI is InChI=1S/C18H26N2O/c1-18(2,14-19)10-12-20(11-5-13-21)17-9-8-15-6-3-4-7-16(15)17/h3-4,6-7,17,21H,5,8-13H2,1-2H3. The van der Waals surface area contributed by atoms with Gasteiger partial charge in [-0.1, -0.05) is 24.3 Å².